The number of amides is 1. The minimum atomic E-state index is -2.59. The van der Waals surface area contributed by atoms with Crippen molar-refractivity contribution in [3.63, 3.8) is 0 Å². The second-order valence-corrected chi connectivity index (χ2v) is 4.05. The zero-order valence-corrected chi connectivity index (χ0v) is 9.45. The zero-order valence-electron chi connectivity index (χ0n) is 9.45. The van der Waals surface area contributed by atoms with E-state index in [1.807, 2.05) is 0 Å². The first-order chi connectivity index (χ1) is 8.40. The van der Waals surface area contributed by atoms with Crippen molar-refractivity contribution in [1.82, 2.24) is 0 Å². The Bertz CT molecular complexity index is 493. The van der Waals surface area contributed by atoms with Crippen LogP contribution in [0, 0.1) is 5.82 Å². The average molecular weight is 260 g/mol. The third-order valence-corrected chi connectivity index (χ3v) is 2.74. The van der Waals surface area contributed by atoms with Crippen molar-refractivity contribution in [2.24, 2.45) is 0 Å². The van der Waals surface area contributed by atoms with Crippen LogP contribution in [0.2, 0.25) is 0 Å². The first-order valence-electron chi connectivity index (χ1n) is 5.22. The van der Waals surface area contributed by atoms with E-state index in [4.69, 9.17) is 0 Å². The Morgan fingerprint density at radius 3 is 2.78 bits per heavy atom. The van der Waals surface area contributed by atoms with Gasteiger partial charge in [-0.1, -0.05) is 0 Å². The van der Waals surface area contributed by atoms with Gasteiger partial charge in [-0.2, -0.15) is 0 Å². The van der Waals surface area contributed by atoms with Crippen molar-refractivity contribution in [1.29, 1.82) is 0 Å². The maximum Gasteiger partial charge on any atom is 0.257 e. The van der Waals surface area contributed by atoms with E-state index in [9.17, 15) is 23.1 Å². The summed E-state index contributed by atoms with van der Waals surface area (Å²) < 4.78 is 38.2. The second-order valence-electron chi connectivity index (χ2n) is 4.05. The van der Waals surface area contributed by atoms with Crippen LogP contribution in [0.5, 0.6) is 0 Å². The average Bonchev–Trinajstić information content (AvgIpc) is 2.53. The topological polar surface area (TPSA) is 52.6 Å². The van der Waals surface area contributed by atoms with Gasteiger partial charge in [0.05, 0.1) is 12.2 Å². The number of nitrogens with zero attached hydrogens (tertiary/aromatic N) is 1. The number of rotatable bonds is 3. The van der Waals surface area contributed by atoms with Crippen molar-refractivity contribution >= 4 is 17.3 Å². The van der Waals surface area contributed by atoms with Crippen molar-refractivity contribution in [2.75, 3.05) is 23.8 Å². The second kappa shape index (κ2) is 4.49. The molecule has 2 rings (SSSR count). The molecule has 1 amide bonds. The Labute approximate surface area is 101 Å². The molecule has 0 saturated heterocycles. The molecule has 0 aliphatic carbocycles. The number of carbonyl (C=O) groups excluding carboxylic acids is 1. The number of nitrogens with one attached hydrogen (secondary N) is 1. The van der Waals surface area contributed by atoms with E-state index in [0.717, 1.165) is 11.0 Å². The molecule has 0 saturated carbocycles. The molecule has 0 radical (unpaired) electrons. The maximum absolute atomic E-state index is 13.7. The van der Waals surface area contributed by atoms with Crippen LogP contribution in [-0.2, 0) is 4.79 Å². The lowest BCUT2D eigenvalue weighted by molar-refractivity contribution is -0.123. The van der Waals surface area contributed by atoms with E-state index < -0.39 is 30.8 Å². The summed E-state index contributed by atoms with van der Waals surface area (Å²) in [6.45, 7) is -0.619. The highest BCUT2D eigenvalue weighted by Gasteiger charge is 2.30. The molecule has 0 bridgehead atoms. The highest BCUT2D eigenvalue weighted by atomic mass is 19.3. The Hall–Kier alpha value is -1.76. The van der Waals surface area contributed by atoms with Gasteiger partial charge in [0, 0.05) is 18.3 Å². The third-order valence-electron chi connectivity index (χ3n) is 2.74. The monoisotopic (exact) mass is 260 g/mol. The fourth-order valence-electron chi connectivity index (χ4n) is 1.85. The Morgan fingerprint density at radius 1 is 1.50 bits per heavy atom. The minimum Gasteiger partial charge on any atom is -0.378 e. The van der Waals surface area contributed by atoms with Gasteiger partial charge < -0.3 is 15.3 Å². The van der Waals surface area contributed by atoms with Gasteiger partial charge in [0.1, 0.15) is 5.82 Å². The summed E-state index contributed by atoms with van der Waals surface area (Å²) >= 11 is 0. The van der Waals surface area contributed by atoms with Gasteiger partial charge in [-0.25, -0.2) is 13.2 Å². The first-order valence-corrected chi connectivity index (χ1v) is 5.22. The van der Waals surface area contributed by atoms with E-state index in [-0.39, 0.29) is 16.9 Å². The number of anilines is 2. The maximum atomic E-state index is 13.7. The highest BCUT2D eigenvalue weighted by Crippen LogP contribution is 2.35. The largest absolute Gasteiger partial charge is 0.378 e. The summed E-state index contributed by atoms with van der Waals surface area (Å²) in [6, 6.07) is 2.22. The zero-order chi connectivity index (χ0) is 13.4. The molecule has 4 nitrogen and oxygen atoms in total. The quantitative estimate of drug-likeness (QED) is 0.866. The van der Waals surface area contributed by atoms with Gasteiger partial charge in [-0.15, -0.1) is 0 Å². The number of halogens is 3. The molecule has 1 unspecified atom stereocenters. The van der Waals surface area contributed by atoms with Crippen LogP contribution < -0.4 is 10.2 Å². The number of alkyl halides is 2. The lowest BCUT2D eigenvalue weighted by Gasteiger charge is -2.20. The molecule has 1 aromatic carbocycles. The van der Waals surface area contributed by atoms with E-state index in [1.54, 1.807) is 0 Å². The molecule has 0 spiro atoms. The van der Waals surface area contributed by atoms with Crippen LogP contribution in [0.1, 0.15) is 11.7 Å². The van der Waals surface area contributed by atoms with E-state index >= 15 is 0 Å². The van der Waals surface area contributed by atoms with Crippen molar-refractivity contribution in [2.45, 2.75) is 12.5 Å². The minimum absolute atomic E-state index is 0.0524. The molecule has 2 N–H and O–H groups in total. The number of hydrogen-bond donors (Lipinski definition) is 2. The van der Waals surface area contributed by atoms with Crippen molar-refractivity contribution in [3.8, 4) is 0 Å². The summed E-state index contributed by atoms with van der Waals surface area (Å²) in [7, 11) is 1.32. The summed E-state index contributed by atoms with van der Waals surface area (Å²) in [6.07, 6.45) is -4.01. The fraction of sp³-hybridized carbons (Fsp3) is 0.364. The smallest absolute Gasteiger partial charge is 0.257 e. The molecule has 1 atom stereocenters. The SMILES string of the molecule is CN(CC(F)F)c1cc2c(cc1F)C(O)C(=O)N2. The molecule has 1 aromatic rings. The molecule has 18 heavy (non-hydrogen) atoms. The van der Waals surface area contributed by atoms with E-state index in [2.05, 4.69) is 5.32 Å². The Kier molecular flexibility index (Phi) is 3.16. The van der Waals surface area contributed by atoms with Gasteiger partial charge in [0.2, 0.25) is 0 Å². The van der Waals surface area contributed by atoms with Gasteiger partial charge in [-0.3, -0.25) is 4.79 Å². The number of aliphatic hydroxyl groups is 1. The summed E-state index contributed by atoms with van der Waals surface area (Å²) in [4.78, 5) is 12.2. The number of benzene rings is 1. The van der Waals surface area contributed by atoms with Crippen molar-refractivity contribution < 1.29 is 23.1 Å². The van der Waals surface area contributed by atoms with Crippen LogP contribution in [0.15, 0.2) is 12.1 Å². The summed E-state index contributed by atoms with van der Waals surface area (Å²) in [5.41, 5.74) is 0.306. The highest BCUT2D eigenvalue weighted by molar-refractivity contribution is 6.02. The van der Waals surface area contributed by atoms with Crippen LogP contribution >= 0.6 is 0 Å². The van der Waals surface area contributed by atoms with E-state index in [0.29, 0.717) is 0 Å². The molecular weight excluding hydrogens is 249 g/mol. The molecule has 7 heteroatoms. The predicted octanol–water partition coefficient (Wildman–Crippen LogP) is 1.51. The van der Waals surface area contributed by atoms with Crippen LogP contribution in [-0.4, -0.2) is 31.0 Å². The Morgan fingerprint density at radius 2 is 2.17 bits per heavy atom. The van der Waals surface area contributed by atoms with Crippen LogP contribution in [0.25, 0.3) is 0 Å². The first kappa shape index (κ1) is 12.7. The normalized spacial score (nSPS) is 17.9. The number of carbonyl (C=O) groups is 1. The molecular formula is C11H11F3N2O2. The summed E-state index contributed by atoms with van der Waals surface area (Å²) in [5.74, 6) is -1.41. The molecule has 1 heterocycles. The van der Waals surface area contributed by atoms with Crippen molar-refractivity contribution in [3.05, 3.63) is 23.5 Å². The molecule has 0 fully saturated rings. The number of hydrogen-bond acceptors (Lipinski definition) is 3. The Balaban J connectivity index is 2.35. The lowest BCUT2D eigenvalue weighted by Crippen LogP contribution is -2.25. The van der Waals surface area contributed by atoms with Gasteiger partial charge >= 0.3 is 0 Å². The predicted molar refractivity (Wildman–Crippen MR) is 59.3 cm³/mol. The van der Waals surface area contributed by atoms with Crippen LogP contribution in [0.3, 0.4) is 0 Å². The van der Waals surface area contributed by atoms with E-state index in [1.165, 1.54) is 13.1 Å². The third kappa shape index (κ3) is 2.13. The number of fused-ring (bicyclic) bond motifs is 1. The van der Waals surface area contributed by atoms with Gasteiger partial charge in [0.25, 0.3) is 12.3 Å². The molecule has 0 aromatic heterocycles. The molecule has 1 aliphatic heterocycles. The van der Waals surface area contributed by atoms with Crippen LogP contribution in [0.4, 0.5) is 24.5 Å². The molecule has 1 aliphatic rings. The fourth-order valence-corrected chi connectivity index (χ4v) is 1.85. The lowest BCUT2D eigenvalue weighted by atomic mass is 10.1. The standard InChI is InChI=1S/C11H11F3N2O2/c1-16(4-9(13)14)8-3-7-5(2-6(8)12)10(17)11(18)15-7/h2-3,9-10,17H,4H2,1H3,(H,15,18). The molecule has 98 valence electrons. The van der Waals surface area contributed by atoms with Gasteiger partial charge in [0.15, 0.2) is 6.10 Å². The summed E-state index contributed by atoms with van der Waals surface area (Å²) in [5, 5.41) is 11.8. The van der Waals surface area contributed by atoms with Gasteiger partial charge in [-0.05, 0) is 12.1 Å². The number of aliphatic hydroxyl groups excluding tert-OH is 1.